The molecule has 2 aliphatic heterocycles. The van der Waals surface area contributed by atoms with Crippen LogP contribution in [0.2, 0.25) is 0 Å². The minimum absolute atomic E-state index is 0.0498. The maximum absolute atomic E-state index is 13.3. The van der Waals surface area contributed by atoms with Gasteiger partial charge in [-0.25, -0.2) is 9.59 Å². The molecule has 3 rings (SSSR count). The molecule has 1 saturated heterocycles. The summed E-state index contributed by atoms with van der Waals surface area (Å²) in [5.41, 5.74) is 1.25. The van der Waals surface area contributed by atoms with E-state index in [1.807, 2.05) is 0 Å². The Morgan fingerprint density at radius 3 is 2.80 bits per heavy atom. The molecule has 2 atom stereocenters. The third kappa shape index (κ3) is 2.81. The maximum atomic E-state index is 13.3. The lowest BCUT2D eigenvalue weighted by Gasteiger charge is -2.41. The van der Waals surface area contributed by atoms with E-state index in [0.717, 1.165) is 0 Å². The molecule has 25 heavy (non-hydrogen) atoms. The van der Waals surface area contributed by atoms with E-state index < -0.39 is 28.5 Å². The molecule has 2 heterocycles. The van der Waals surface area contributed by atoms with E-state index in [2.05, 4.69) is 0 Å². The van der Waals surface area contributed by atoms with E-state index in [4.69, 9.17) is 5.11 Å². The van der Waals surface area contributed by atoms with Crippen molar-refractivity contribution in [3.05, 3.63) is 39.4 Å². The summed E-state index contributed by atoms with van der Waals surface area (Å²) >= 11 is 0. The highest BCUT2D eigenvalue weighted by atomic mass is 16.6. The highest BCUT2D eigenvalue weighted by Gasteiger charge is 2.51. The number of hydrogen-bond donors (Lipinski definition) is 1. The van der Waals surface area contributed by atoms with Gasteiger partial charge in [0, 0.05) is 29.6 Å². The number of carboxylic acids is 1. The second-order valence-corrected chi connectivity index (χ2v) is 6.46. The Hall–Kier alpha value is -2.65. The Morgan fingerprint density at radius 2 is 2.16 bits per heavy atom. The molecule has 2 aliphatic rings. The van der Waals surface area contributed by atoms with Crippen molar-refractivity contribution < 1.29 is 28.9 Å². The van der Waals surface area contributed by atoms with E-state index in [-0.39, 0.29) is 42.8 Å². The standard InChI is InChI=1S/C16H17N3O6/c1-17(8-15(21)22)13-4-2-3-11-12(13)9-19(25,16(11)23)10-5-6-14(20)18(24)7-10/h2-4,10H,5-9H2,1H3/p+1. The van der Waals surface area contributed by atoms with Gasteiger partial charge in [-0.3, -0.25) is 9.44 Å². The topological polar surface area (TPSA) is 118 Å². The minimum Gasteiger partial charge on any atom is -0.624 e. The molecule has 132 valence electrons. The van der Waals surface area contributed by atoms with E-state index in [9.17, 15) is 24.5 Å². The Labute approximate surface area is 143 Å². The van der Waals surface area contributed by atoms with Crippen LogP contribution in [-0.2, 0) is 16.1 Å². The van der Waals surface area contributed by atoms with Crippen molar-refractivity contribution in [3.63, 3.8) is 0 Å². The molecule has 0 radical (unpaired) electrons. The fraction of sp³-hybridized carbons (Fsp3) is 0.438. The Kier molecular flexibility index (Phi) is 4.13. The molecule has 1 N–H and O–H groups in total. The number of amides is 2. The zero-order chi connectivity index (χ0) is 18.4. The lowest BCUT2D eigenvalue weighted by Crippen LogP contribution is -2.56. The Balaban J connectivity index is 1.94. The van der Waals surface area contributed by atoms with Crippen molar-refractivity contribution in [1.29, 1.82) is 0 Å². The van der Waals surface area contributed by atoms with Gasteiger partial charge in [0.1, 0.15) is 13.1 Å². The minimum atomic E-state index is -1.21. The third-order valence-electron chi connectivity index (χ3n) is 4.84. The average Bonchev–Trinajstić information content (AvgIpc) is 2.82. The largest absolute Gasteiger partial charge is 0.624 e. The van der Waals surface area contributed by atoms with Crippen molar-refractivity contribution in [2.75, 3.05) is 25.0 Å². The van der Waals surface area contributed by atoms with Crippen molar-refractivity contribution in [2.45, 2.75) is 25.4 Å². The van der Waals surface area contributed by atoms with Crippen molar-refractivity contribution in [2.24, 2.45) is 0 Å². The Morgan fingerprint density at radius 1 is 1.44 bits per heavy atom. The van der Waals surface area contributed by atoms with Crippen molar-refractivity contribution >= 4 is 23.5 Å². The summed E-state index contributed by atoms with van der Waals surface area (Å²) in [6.07, 6.45) is 0.132. The first-order chi connectivity index (χ1) is 11.7. The van der Waals surface area contributed by atoms with Crippen LogP contribution >= 0.6 is 0 Å². The van der Waals surface area contributed by atoms with Gasteiger partial charge in [-0.15, -0.1) is 0 Å². The van der Waals surface area contributed by atoms with Crippen LogP contribution in [0.4, 0.5) is 5.69 Å². The molecule has 1 fully saturated rings. The average molecular weight is 348 g/mol. The lowest BCUT2D eigenvalue weighted by atomic mass is 10.0. The van der Waals surface area contributed by atoms with Crippen LogP contribution in [0.3, 0.4) is 0 Å². The van der Waals surface area contributed by atoms with E-state index in [0.29, 0.717) is 11.3 Å². The number of quaternary nitrogens is 1. The van der Waals surface area contributed by atoms with Gasteiger partial charge in [0.15, 0.2) is 6.04 Å². The normalized spacial score (nSPS) is 25.8. The van der Waals surface area contributed by atoms with Crippen LogP contribution in [0.5, 0.6) is 0 Å². The summed E-state index contributed by atoms with van der Waals surface area (Å²) in [6, 6.07) is 3.99. The number of benzene rings is 1. The molecule has 1 aromatic carbocycles. The summed E-state index contributed by atoms with van der Waals surface area (Å²) in [6.45, 7) is -0.737. The SMILES string of the molecule is CN(CC(=O)O)c1cccc2c1C[N+]([O-])(C1CCC(=O)[N+](=O)C1)C2=O. The zero-order valence-electron chi connectivity index (χ0n) is 13.7. The molecule has 9 nitrogen and oxygen atoms in total. The maximum Gasteiger partial charge on any atom is 0.433 e. The van der Waals surface area contributed by atoms with Gasteiger partial charge in [0.25, 0.3) is 6.54 Å². The smallest absolute Gasteiger partial charge is 0.433 e. The van der Waals surface area contributed by atoms with Gasteiger partial charge in [0.05, 0.1) is 16.7 Å². The second kappa shape index (κ2) is 6.01. The molecule has 9 heteroatoms. The summed E-state index contributed by atoms with van der Waals surface area (Å²) in [5, 5.41) is 22.2. The van der Waals surface area contributed by atoms with Gasteiger partial charge < -0.3 is 15.2 Å². The predicted octanol–water partition coefficient (Wildman–Crippen LogP) is 0.644. The molecular formula is C16H18N3O6+. The van der Waals surface area contributed by atoms with E-state index >= 15 is 0 Å². The van der Waals surface area contributed by atoms with Crippen LogP contribution in [0.25, 0.3) is 0 Å². The van der Waals surface area contributed by atoms with E-state index in [1.54, 1.807) is 19.2 Å². The zero-order valence-corrected chi connectivity index (χ0v) is 13.7. The molecule has 0 aromatic heterocycles. The molecular weight excluding hydrogens is 330 g/mol. The molecule has 0 saturated carbocycles. The van der Waals surface area contributed by atoms with Crippen molar-refractivity contribution in [3.8, 4) is 0 Å². The fourth-order valence-electron chi connectivity index (χ4n) is 3.53. The van der Waals surface area contributed by atoms with Gasteiger partial charge in [-0.1, -0.05) is 6.07 Å². The number of likely N-dealkylation sites (N-methyl/N-ethyl adjacent to an activating group) is 1. The van der Waals surface area contributed by atoms with Gasteiger partial charge >= 0.3 is 17.8 Å². The molecule has 1 aromatic rings. The first kappa shape index (κ1) is 17.2. The number of aliphatic carboxylic acids is 1. The van der Waals surface area contributed by atoms with Gasteiger partial charge in [0.2, 0.25) is 0 Å². The van der Waals surface area contributed by atoms with Gasteiger partial charge in [-0.05, 0) is 12.1 Å². The number of nitroso groups, excluding NO2 is 1. The van der Waals surface area contributed by atoms with Crippen LogP contribution in [0.15, 0.2) is 18.2 Å². The summed E-state index contributed by atoms with van der Waals surface area (Å²) in [7, 11) is 1.57. The van der Waals surface area contributed by atoms with Crippen molar-refractivity contribution in [1.82, 2.24) is 0 Å². The van der Waals surface area contributed by atoms with E-state index in [1.165, 1.54) is 11.0 Å². The number of anilines is 1. The molecule has 0 aliphatic carbocycles. The first-order valence-corrected chi connectivity index (χ1v) is 7.90. The number of carboxylic acid groups (broad SMARTS) is 1. The number of hydrogen-bond acceptors (Lipinski definition) is 6. The Bertz CT molecular complexity index is 792. The molecule has 2 unspecified atom stereocenters. The first-order valence-electron chi connectivity index (χ1n) is 7.90. The number of hydroxylamine groups is 3. The second-order valence-electron chi connectivity index (χ2n) is 6.46. The van der Waals surface area contributed by atoms with Crippen LogP contribution in [-0.4, -0.2) is 58.5 Å². The molecule has 0 bridgehead atoms. The third-order valence-corrected chi connectivity index (χ3v) is 4.84. The predicted molar refractivity (Wildman–Crippen MR) is 85.5 cm³/mol. The highest BCUT2D eigenvalue weighted by molar-refractivity contribution is 5.95. The van der Waals surface area contributed by atoms with Crippen LogP contribution in [0, 0.1) is 10.1 Å². The summed E-state index contributed by atoms with van der Waals surface area (Å²) in [5.74, 6) is -2.25. The number of piperidine rings is 1. The monoisotopic (exact) mass is 348 g/mol. The number of carbonyl (C=O) groups is 3. The van der Waals surface area contributed by atoms with Crippen LogP contribution in [0.1, 0.15) is 28.8 Å². The lowest BCUT2D eigenvalue weighted by molar-refractivity contribution is -0.846. The number of fused-ring (bicyclic) bond motifs is 1. The fourth-order valence-corrected chi connectivity index (χ4v) is 3.53. The number of nitrogens with zero attached hydrogens (tertiary/aromatic N) is 3. The number of rotatable bonds is 4. The highest BCUT2D eigenvalue weighted by Crippen LogP contribution is 2.38. The number of carbonyl (C=O) groups excluding carboxylic acids is 2. The summed E-state index contributed by atoms with van der Waals surface area (Å²) in [4.78, 5) is 48.1. The van der Waals surface area contributed by atoms with Crippen LogP contribution < -0.4 is 4.90 Å². The summed E-state index contributed by atoms with van der Waals surface area (Å²) < 4.78 is -0.959. The molecule has 0 spiro atoms. The molecule has 2 amide bonds. The van der Waals surface area contributed by atoms with Gasteiger partial charge in [-0.2, -0.15) is 0 Å². The quantitative estimate of drug-likeness (QED) is 0.482.